The Hall–Kier alpha value is -2.97. The van der Waals surface area contributed by atoms with Crippen molar-refractivity contribution in [3.8, 4) is 5.82 Å². The summed E-state index contributed by atoms with van der Waals surface area (Å²) in [7, 11) is 0. The number of pyridine rings is 1. The van der Waals surface area contributed by atoms with Crippen LogP contribution in [-0.2, 0) is 18.4 Å². The van der Waals surface area contributed by atoms with Crippen molar-refractivity contribution in [3.05, 3.63) is 62.8 Å². The van der Waals surface area contributed by atoms with Crippen LogP contribution in [0.15, 0.2) is 41.2 Å². The van der Waals surface area contributed by atoms with E-state index in [9.17, 15) is 4.79 Å². The predicted octanol–water partition coefficient (Wildman–Crippen LogP) is 4.91. The number of fused-ring (bicyclic) bond motifs is 2. The molecule has 0 atom stereocenters. The standard InChI is InChI=1S/C25H30N6OS/c1-15(2)30-24(32)19-8-9-21(27-18-7-6-17-14-26-11-10-16(17)12-18)28-23(19)31(30)22-13-20(33-29-22)25(3,4)5/h6-9,12-13,15,26H,10-11,14H2,1-5H3,(H,27,28). The molecule has 8 heteroatoms. The molecule has 4 aromatic rings. The molecule has 0 aliphatic carbocycles. The molecular weight excluding hydrogens is 432 g/mol. The Labute approximate surface area is 197 Å². The first-order chi connectivity index (χ1) is 15.7. The zero-order chi connectivity index (χ0) is 23.3. The van der Waals surface area contributed by atoms with E-state index in [4.69, 9.17) is 9.36 Å². The largest absolute Gasteiger partial charge is 0.340 e. The van der Waals surface area contributed by atoms with Crippen LogP contribution in [0.1, 0.15) is 56.7 Å². The Balaban J connectivity index is 1.61. The minimum absolute atomic E-state index is 0.00998. The Morgan fingerprint density at radius 1 is 1.12 bits per heavy atom. The van der Waals surface area contributed by atoms with E-state index in [1.807, 2.05) is 30.7 Å². The molecule has 2 N–H and O–H groups in total. The van der Waals surface area contributed by atoms with Crippen LogP contribution in [0.4, 0.5) is 11.5 Å². The molecule has 0 spiro atoms. The first-order valence-corrected chi connectivity index (χ1v) is 12.2. The summed E-state index contributed by atoms with van der Waals surface area (Å²) in [5.41, 5.74) is 4.26. The zero-order valence-corrected chi connectivity index (χ0v) is 20.6. The van der Waals surface area contributed by atoms with Gasteiger partial charge in [-0.2, -0.15) is 4.37 Å². The lowest BCUT2D eigenvalue weighted by atomic mass is 9.95. The van der Waals surface area contributed by atoms with Gasteiger partial charge in [-0.1, -0.05) is 26.8 Å². The van der Waals surface area contributed by atoms with Gasteiger partial charge in [0.2, 0.25) is 0 Å². The molecule has 0 unspecified atom stereocenters. The lowest BCUT2D eigenvalue weighted by Gasteiger charge is -2.18. The Morgan fingerprint density at radius 2 is 1.94 bits per heavy atom. The Kier molecular flexibility index (Phi) is 5.37. The number of benzene rings is 1. The molecule has 0 fully saturated rings. The highest BCUT2D eigenvalue weighted by molar-refractivity contribution is 7.06. The molecule has 5 rings (SSSR count). The van der Waals surface area contributed by atoms with Crippen LogP contribution in [0.2, 0.25) is 0 Å². The fourth-order valence-electron chi connectivity index (χ4n) is 4.27. The van der Waals surface area contributed by atoms with E-state index >= 15 is 0 Å². The molecule has 172 valence electrons. The van der Waals surface area contributed by atoms with Crippen molar-refractivity contribution < 1.29 is 0 Å². The maximum atomic E-state index is 13.2. The van der Waals surface area contributed by atoms with E-state index in [-0.39, 0.29) is 17.0 Å². The molecule has 0 amide bonds. The molecule has 0 saturated carbocycles. The quantitative estimate of drug-likeness (QED) is 0.451. The number of rotatable bonds is 4. The van der Waals surface area contributed by atoms with Crippen molar-refractivity contribution in [1.29, 1.82) is 0 Å². The molecule has 0 radical (unpaired) electrons. The van der Waals surface area contributed by atoms with E-state index in [1.165, 1.54) is 27.5 Å². The molecule has 1 aliphatic heterocycles. The van der Waals surface area contributed by atoms with Crippen LogP contribution in [0.3, 0.4) is 0 Å². The van der Waals surface area contributed by atoms with Crippen molar-refractivity contribution in [3.63, 3.8) is 0 Å². The summed E-state index contributed by atoms with van der Waals surface area (Å²) in [6.07, 6.45) is 1.02. The fourth-order valence-corrected chi connectivity index (χ4v) is 5.02. The SMILES string of the molecule is CC(C)n1c(=O)c2ccc(Nc3ccc4c(c3)CCNC4)nc2n1-c1cc(C(C)(C)C)sn1. The molecule has 0 saturated heterocycles. The van der Waals surface area contributed by atoms with Crippen molar-refractivity contribution in [2.24, 2.45) is 0 Å². The highest BCUT2D eigenvalue weighted by Gasteiger charge is 2.23. The third kappa shape index (κ3) is 3.98. The molecule has 3 aromatic heterocycles. The van der Waals surface area contributed by atoms with Crippen LogP contribution in [0, 0.1) is 0 Å². The summed E-state index contributed by atoms with van der Waals surface area (Å²) in [5, 5.41) is 7.44. The highest BCUT2D eigenvalue weighted by atomic mass is 32.1. The van der Waals surface area contributed by atoms with E-state index in [2.05, 4.69) is 55.7 Å². The maximum Gasteiger partial charge on any atom is 0.276 e. The van der Waals surface area contributed by atoms with Gasteiger partial charge in [-0.25, -0.2) is 14.3 Å². The topological polar surface area (TPSA) is 76.8 Å². The minimum Gasteiger partial charge on any atom is -0.340 e. The van der Waals surface area contributed by atoms with E-state index in [1.54, 1.807) is 4.68 Å². The Morgan fingerprint density at radius 3 is 2.67 bits per heavy atom. The first kappa shape index (κ1) is 21.9. The van der Waals surface area contributed by atoms with Gasteiger partial charge in [0.25, 0.3) is 5.56 Å². The number of hydrogen-bond acceptors (Lipinski definition) is 6. The van der Waals surface area contributed by atoms with Crippen LogP contribution in [-0.4, -0.2) is 25.3 Å². The van der Waals surface area contributed by atoms with Crippen LogP contribution in [0.5, 0.6) is 0 Å². The molecule has 0 bridgehead atoms. The van der Waals surface area contributed by atoms with Crippen LogP contribution < -0.4 is 16.2 Å². The van der Waals surface area contributed by atoms with E-state index < -0.39 is 0 Å². The average Bonchev–Trinajstić information content (AvgIpc) is 3.37. The smallest absolute Gasteiger partial charge is 0.276 e. The van der Waals surface area contributed by atoms with Gasteiger partial charge in [-0.15, -0.1) is 0 Å². The molecule has 33 heavy (non-hydrogen) atoms. The van der Waals surface area contributed by atoms with Crippen molar-refractivity contribution >= 4 is 34.1 Å². The third-order valence-corrected chi connectivity index (χ3v) is 7.24. The molecule has 1 aliphatic rings. The molecule has 7 nitrogen and oxygen atoms in total. The van der Waals surface area contributed by atoms with Crippen molar-refractivity contribution in [2.45, 2.75) is 59.0 Å². The van der Waals surface area contributed by atoms with Gasteiger partial charge in [0.1, 0.15) is 5.82 Å². The zero-order valence-electron chi connectivity index (χ0n) is 19.8. The van der Waals surface area contributed by atoms with Crippen LogP contribution >= 0.6 is 11.5 Å². The second-order valence-electron chi connectivity index (χ2n) is 9.96. The normalized spacial score (nSPS) is 14.1. The average molecular weight is 463 g/mol. The summed E-state index contributed by atoms with van der Waals surface area (Å²) in [6.45, 7) is 12.4. The van der Waals surface area contributed by atoms with Gasteiger partial charge in [0, 0.05) is 23.2 Å². The second-order valence-corrected chi connectivity index (χ2v) is 10.8. The number of nitrogens with zero attached hydrogens (tertiary/aromatic N) is 4. The summed E-state index contributed by atoms with van der Waals surface area (Å²) < 4.78 is 8.32. The number of aromatic nitrogens is 4. The molecule has 1 aromatic carbocycles. The molecular formula is C25H30N6OS. The van der Waals surface area contributed by atoms with Crippen molar-refractivity contribution in [1.82, 2.24) is 24.0 Å². The van der Waals surface area contributed by atoms with Gasteiger partial charge in [0.15, 0.2) is 11.5 Å². The monoisotopic (exact) mass is 462 g/mol. The summed E-state index contributed by atoms with van der Waals surface area (Å²) in [4.78, 5) is 19.3. The summed E-state index contributed by atoms with van der Waals surface area (Å²) >= 11 is 1.47. The number of nitrogens with one attached hydrogen (secondary N) is 2. The van der Waals surface area contributed by atoms with E-state index in [0.29, 0.717) is 16.9 Å². The van der Waals surface area contributed by atoms with Gasteiger partial charge in [-0.05, 0) is 85.2 Å². The molecule has 4 heterocycles. The van der Waals surface area contributed by atoms with Gasteiger partial charge in [-0.3, -0.25) is 4.79 Å². The van der Waals surface area contributed by atoms with Gasteiger partial charge >= 0.3 is 0 Å². The lowest BCUT2D eigenvalue weighted by molar-refractivity contribution is 0.473. The predicted molar refractivity (Wildman–Crippen MR) is 135 cm³/mol. The minimum atomic E-state index is -0.0503. The highest BCUT2D eigenvalue weighted by Crippen LogP contribution is 2.30. The second kappa shape index (κ2) is 8.11. The fraction of sp³-hybridized carbons (Fsp3) is 0.400. The summed E-state index contributed by atoms with van der Waals surface area (Å²) in [5.74, 6) is 1.44. The van der Waals surface area contributed by atoms with E-state index in [0.717, 1.165) is 31.0 Å². The number of anilines is 2. The first-order valence-electron chi connectivity index (χ1n) is 11.4. The summed E-state index contributed by atoms with van der Waals surface area (Å²) in [6, 6.07) is 12.2. The van der Waals surface area contributed by atoms with Crippen molar-refractivity contribution in [2.75, 3.05) is 11.9 Å². The third-order valence-electron chi connectivity index (χ3n) is 6.04. The van der Waals surface area contributed by atoms with Crippen LogP contribution in [0.25, 0.3) is 16.9 Å². The lowest BCUT2D eigenvalue weighted by Crippen LogP contribution is -2.24. The number of hydrogen-bond donors (Lipinski definition) is 2. The Bertz CT molecular complexity index is 1390. The maximum absolute atomic E-state index is 13.2. The van der Waals surface area contributed by atoms with Gasteiger partial charge in [0.05, 0.1) is 5.39 Å². The van der Waals surface area contributed by atoms with Gasteiger partial charge < -0.3 is 10.6 Å².